The summed E-state index contributed by atoms with van der Waals surface area (Å²) in [4.78, 5) is 13.1. The molecule has 0 radical (unpaired) electrons. The Morgan fingerprint density at radius 2 is 2.00 bits per heavy atom. The number of rotatable bonds is 9. The van der Waals surface area contributed by atoms with Crippen LogP contribution in [0, 0.1) is 0 Å². The van der Waals surface area contributed by atoms with Crippen molar-refractivity contribution in [2.75, 3.05) is 19.7 Å². The molecule has 2 N–H and O–H groups in total. The van der Waals surface area contributed by atoms with E-state index in [2.05, 4.69) is 32.5 Å². The zero-order chi connectivity index (χ0) is 19.4. The second-order valence-corrected chi connectivity index (χ2v) is 6.13. The van der Waals surface area contributed by atoms with Gasteiger partial charge < -0.3 is 15.4 Å². The second kappa shape index (κ2) is 12.8. The Balaban J connectivity index is 0.00000300. The fraction of sp³-hybridized carbons (Fsp3) is 0.286. The van der Waals surface area contributed by atoms with Gasteiger partial charge in [0, 0.05) is 31.7 Å². The highest BCUT2D eigenvalue weighted by atomic mass is 127. The molecule has 0 amide bonds. The van der Waals surface area contributed by atoms with Gasteiger partial charge in [-0.15, -0.1) is 24.0 Å². The van der Waals surface area contributed by atoms with Gasteiger partial charge in [-0.2, -0.15) is 0 Å². The van der Waals surface area contributed by atoms with Crippen LogP contribution >= 0.6 is 24.0 Å². The molecule has 0 bridgehead atoms. The molecule has 29 heavy (non-hydrogen) atoms. The average molecular weight is 506 g/mol. The summed E-state index contributed by atoms with van der Waals surface area (Å²) < 4.78 is 7.58. The van der Waals surface area contributed by atoms with Gasteiger partial charge in [-0.25, -0.2) is 15.0 Å². The molecule has 7 nitrogen and oxygen atoms in total. The van der Waals surface area contributed by atoms with Crippen molar-refractivity contribution in [2.45, 2.75) is 19.9 Å². The quantitative estimate of drug-likeness (QED) is 0.201. The van der Waals surface area contributed by atoms with Gasteiger partial charge in [-0.1, -0.05) is 24.3 Å². The number of hydrogen-bond donors (Lipinski definition) is 2. The van der Waals surface area contributed by atoms with Crippen LogP contribution in [0.1, 0.15) is 18.9 Å². The van der Waals surface area contributed by atoms with Crippen LogP contribution in [0.3, 0.4) is 0 Å². The summed E-state index contributed by atoms with van der Waals surface area (Å²) in [6, 6.07) is 13.8. The van der Waals surface area contributed by atoms with Crippen LogP contribution in [0.25, 0.3) is 5.82 Å². The van der Waals surface area contributed by atoms with E-state index in [-0.39, 0.29) is 24.0 Å². The van der Waals surface area contributed by atoms with Crippen LogP contribution in [-0.2, 0) is 6.54 Å². The molecular weight excluding hydrogens is 479 g/mol. The van der Waals surface area contributed by atoms with Gasteiger partial charge in [0.15, 0.2) is 5.96 Å². The number of hydrogen-bond acceptors (Lipinski definition) is 4. The number of imidazole rings is 1. The summed E-state index contributed by atoms with van der Waals surface area (Å²) in [5, 5.41) is 6.60. The van der Waals surface area contributed by atoms with E-state index in [1.165, 1.54) is 0 Å². The largest absolute Gasteiger partial charge is 0.494 e. The molecule has 0 atom stereocenters. The third-order valence-corrected chi connectivity index (χ3v) is 3.97. The Kier molecular flexibility index (Phi) is 9.98. The number of nitrogens with one attached hydrogen (secondary N) is 2. The van der Waals surface area contributed by atoms with E-state index in [0.717, 1.165) is 42.6 Å². The van der Waals surface area contributed by atoms with E-state index in [4.69, 9.17) is 4.74 Å². The summed E-state index contributed by atoms with van der Waals surface area (Å²) in [5.41, 5.74) is 1.05. The molecule has 3 rings (SSSR count). The van der Waals surface area contributed by atoms with E-state index >= 15 is 0 Å². The fourth-order valence-corrected chi connectivity index (χ4v) is 2.56. The predicted octanol–water partition coefficient (Wildman–Crippen LogP) is 3.41. The number of ether oxygens (including phenoxy) is 1. The minimum absolute atomic E-state index is 0. The zero-order valence-corrected chi connectivity index (χ0v) is 18.8. The van der Waals surface area contributed by atoms with Gasteiger partial charge in [0.05, 0.1) is 13.2 Å². The van der Waals surface area contributed by atoms with Crippen LogP contribution in [0.5, 0.6) is 5.75 Å². The maximum Gasteiger partial charge on any atom is 0.191 e. The molecule has 8 heteroatoms. The van der Waals surface area contributed by atoms with Gasteiger partial charge in [-0.05, 0) is 37.1 Å². The van der Waals surface area contributed by atoms with Gasteiger partial charge in [0.2, 0.25) is 0 Å². The van der Waals surface area contributed by atoms with Gasteiger partial charge >= 0.3 is 0 Å². The average Bonchev–Trinajstić information content (AvgIpc) is 3.28. The molecule has 154 valence electrons. The molecular formula is C21H27IN6O. The first-order valence-corrected chi connectivity index (χ1v) is 9.48. The van der Waals surface area contributed by atoms with Crippen molar-refractivity contribution in [3.63, 3.8) is 0 Å². The number of halogens is 1. The number of guanidine groups is 1. The van der Waals surface area contributed by atoms with Crippen molar-refractivity contribution in [1.82, 2.24) is 25.2 Å². The molecule has 0 saturated heterocycles. The topological polar surface area (TPSA) is 76.4 Å². The van der Waals surface area contributed by atoms with Crippen LogP contribution in [0.15, 0.2) is 72.4 Å². The van der Waals surface area contributed by atoms with Crippen LogP contribution in [0.4, 0.5) is 0 Å². The summed E-state index contributed by atoms with van der Waals surface area (Å²) in [6.07, 6.45) is 8.07. The van der Waals surface area contributed by atoms with Crippen molar-refractivity contribution in [1.29, 1.82) is 0 Å². The molecule has 0 aliphatic rings. The lowest BCUT2D eigenvalue weighted by Gasteiger charge is -2.12. The van der Waals surface area contributed by atoms with Crippen LogP contribution < -0.4 is 15.4 Å². The normalized spacial score (nSPS) is 10.9. The lowest BCUT2D eigenvalue weighted by atomic mass is 10.3. The highest BCUT2D eigenvalue weighted by Gasteiger charge is 2.00. The monoisotopic (exact) mass is 506 g/mol. The van der Waals surface area contributed by atoms with Gasteiger partial charge in [0.1, 0.15) is 17.9 Å². The summed E-state index contributed by atoms with van der Waals surface area (Å²) in [6.45, 7) is 4.88. The fourth-order valence-electron chi connectivity index (χ4n) is 2.56. The minimum Gasteiger partial charge on any atom is -0.494 e. The van der Waals surface area contributed by atoms with Gasteiger partial charge in [0.25, 0.3) is 0 Å². The van der Waals surface area contributed by atoms with E-state index in [9.17, 15) is 0 Å². The highest BCUT2D eigenvalue weighted by molar-refractivity contribution is 14.0. The Hall–Kier alpha value is -2.62. The minimum atomic E-state index is 0. The van der Waals surface area contributed by atoms with Crippen molar-refractivity contribution in [3.05, 3.63) is 72.9 Å². The molecule has 0 aliphatic heterocycles. The van der Waals surface area contributed by atoms with Crippen LogP contribution in [0.2, 0.25) is 0 Å². The molecule has 0 saturated carbocycles. The first-order valence-electron chi connectivity index (χ1n) is 9.48. The maximum absolute atomic E-state index is 5.70. The third-order valence-electron chi connectivity index (χ3n) is 3.97. The maximum atomic E-state index is 5.70. The highest BCUT2D eigenvalue weighted by Crippen LogP contribution is 2.08. The van der Waals surface area contributed by atoms with E-state index in [0.29, 0.717) is 13.2 Å². The number of aliphatic imine (C=N–C) groups is 1. The first kappa shape index (κ1) is 22.7. The molecule has 0 unspecified atom stereocenters. The van der Waals surface area contributed by atoms with Crippen molar-refractivity contribution in [3.8, 4) is 11.6 Å². The lowest BCUT2D eigenvalue weighted by molar-refractivity contribution is 0.311. The van der Waals surface area contributed by atoms with Gasteiger partial charge in [-0.3, -0.25) is 4.57 Å². The molecule has 0 spiro atoms. The Labute approximate surface area is 188 Å². The summed E-state index contributed by atoms with van der Waals surface area (Å²) in [7, 11) is 0. The SMILES string of the molecule is CCNC(=NCc1ccc(-n2ccnc2)nc1)NCCCOc1ccccc1.I. The van der Waals surface area contributed by atoms with E-state index < -0.39 is 0 Å². The Bertz CT molecular complexity index is 837. The van der Waals surface area contributed by atoms with Crippen LogP contribution in [-0.4, -0.2) is 40.2 Å². The number of pyridine rings is 1. The van der Waals surface area contributed by atoms with Crippen molar-refractivity contribution < 1.29 is 4.74 Å². The number of nitrogens with zero attached hydrogens (tertiary/aromatic N) is 4. The lowest BCUT2D eigenvalue weighted by Crippen LogP contribution is -2.38. The number of benzene rings is 1. The molecule has 3 aromatic rings. The zero-order valence-electron chi connectivity index (χ0n) is 16.5. The Morgan fingerprint density at radius 1 is 1.14 bits per heavy atom. The summed E-state index contributed by atoms with van der Waals surface area (Å²) >= 11 is 0. The first-order chi connectivity index (χ1) is 13.8. The molecule has 1 aromatic carbocycles. The second-order valence-electron chi connectivity index (χ2n) is 6.13. The van der Waals surface area contributed by atoms with E-state index in [1.807, 2.05) is 59.4 Å². The van der Waals surface area contributed by atoms with Crippen molar-refractivity contribution in [2.24, 2.45) is 4.99 Å². The molecule has 2 heterocycles. The smallest absolute Gasteiger partial charge is 0.191 e. The van der Waals surface area contributed by atoms with E-state index in [1.54, 1.807) is 12.5 Å². The van der Waals surface area contributed by atoms with Crippen molar-refractivity contribution >= 4 is 29.9 Å². The number of aromatic nitrogens is 3. The predicted molar refractivity (Wildman–Crippen MR) is 126 cm³/mol. The number of para-hydroxylation sites is 1. The summed E-state index contributed by atoms with van der Waals surface area (Å²) in [5.74, 6) is 2.53. The molecule has 0 aliphatic carbocycles. The standard InChI is InChI=1S/C21H26N6O.HI/c1-2-23-21(24-11-6-14-28-19-7-4-3-5-8-19)26-16-18-9-10-20(25-15-18)27-13-12-22-17-27;/h3-5,7-10,12-13,15,17H,2,6,11,14,16H2,1H3,(H2,23,24,26);1H. The Morgan fingerprint density at radius 3 is 2.69 bits per heavy atom. The molecule has 0 fully saturated rings. The third kappa shape index (κ3) is 7.72. The molecule has 2 aromatic heterocycles.